The van der Waals surface area contributed by atoms with E-state index in [1.807, 2.05) is 12.1 Å². The van der Waals surface area contributed by atoms with Crippen LogP contribution in [0.4, 0.5) is 0 Å². The van der Waals surface area contributed by atoms with Gasteiger partial charge in [0.2, 0.25) is 0 Å². The summed E-state index contributed by atoms with van der Waals surface area (Å²) in [7, 11) is 0. The predicted octanol–water partition coefficient (Wildman–Crippen LogP) is 3.84. The molecule has 0 saturated carbocycles. The normalized spacial score (nSPS) is 13.7. The highest BCUT2D eigenvalue weighted by Gasteiger charge is 2.28. The van der Waals surface area contributed by atoms with Crippen molar-refractivity contribution in [2.45, 2.75) is 32.1 Å². The van der Waals surface area contributed by atoms with Gasteiger partial charge in [0.05, 0.1) is 0 Å². The molecular formula is C16H16O. The summed E-state index contributed by atoms with van der Waals surface area (Å²) in [6.45, 7) is 2.20. The first kappa shape index (κ1) is 10.5. The van der Waals surface area contributed by atoms with Gasteiger partial charge in [0.25, 0.3) is 0 Å². The van der Waals surface area contributed by atoms with Gasteiger partial charge in [-0.15, -0.1) is 0 Å². The Morgan fingerprint density at radius 1 is 1.06 bits per heavy atom. The molecule has 2 aliphatic rings. The lowest BCUT2D eigenvalue weighted by Crippen LogP contribution is -2.28. The zero-order chi connectivity index (χ0) is 11.8. The Kier molecular flexibility index (Phi) is 2.47. The summed E-state index contributed by atoms with van der Waals surface area (Å²) in [6.07, 6.45) is 3.51. The lowest BCUT2D eigenvalue weighted by Gasteiger charge is -2.22. The summed E-state index contributed by atoms with van der Waals surface area (Å²) >= 11 is 0. The van der Waals surface area contributed by atoms with Gasteiger partial charge in [-0.1, -0.05) is 44.0 Å². The van der Waals surface area contributed by atoms with Gasteiger partial charge in [-0.05, 0) is 29.3 Å². The molecular weight excluding hydrogens is 208 g/mol. The zero-order valence-corrected chi connectivity index (χ0v) is 10.1. The van der Waals surface area contributed by atoms with E-state index >= 15 is 0 Å². The number of hydrogen-bond donors (Lipinski definition) is 0. The Labute approximate surface area is 101 Å². The van der Waals surface area contributed by atoms with Gasteiger partial charge in [0.1, 0.15) is 0 Å². The Bertz CT molecular complexity index is 579. The molecule has 1 nitrogen and oxygen atoms in total. The van der Waals surface area contributed by atoms with Gasteiger partial charge in [-0.2, -0.15) is 0 Å². The third kappa shape index (κ3) is 1.57. The minimum atomic E-state index is 0.266. The Balaban J connectivity index is 2.15. The average molecular weight is 224 g/mol. The molecule has 1 heteroatoms. The van der Waals surface area contributed by atoms with Crippen LogP contribution in [-0.4, -0.2) is 0 Å². The largest absolute Gasteiger partial charge is 0.289 e. The van der Waals surface area contributed by atoms with Crippen LogP contribution in [0.5, 0.6) is 0 Å². The molecule has 4 rings (SSSR count). The number of hydrogen-bond acceptors (Lipinski definition) is 1. The number of benzene rings is 1. The minimum Gasteiger partial charge on any atom is -0.289 e. The molecule has 0 unspecified atom stereocenters. The van der Waals surface area contributed by atoms with E-state index in [9.17, 15) is 4.79 Å². The van der Waals surface area contributed by atoms with E-state index in [1.54, 1.807) is 0 Å². The number of rotatable bonds is 3. The highest BCUT2D eigenvalue weighted by molar-refractivity contribution is 5.84. The first-order chi connectivity index (χ1) is 8.31. The highest BCUT2D eigenvalue weighted by atomic mass is 16.1. The van der Waals surface area contributed by atoms with E-state index in [0.717, 1.165) is 17.5 Å². The van der Waals surface area contributed by atoms with Gasteiger partial charge >= 0.3 is 0 Å². The predicted molar refractivity (Wildman–Crippen MR) is 71.6 cm³/mol. The van der Waals surface area contributed by atoms with Crippen molar-refractivity contribution < 1.29 is 0 Å². The summed E-state index contributed by atoms with van der Waals surface area (Å²) in [5.41, 5.74) is 2.31. The molecule has 2 aromatic carbocycles. The van der Waals surface area contributed by atoms with Crippen molar-refractivity contribution in [1.29, 1.82) is 0 Å². The van der Waals surface area contributed by atoms with Crippen LogP contribution >= 0.6 is 0 Å². The van der Waals surface area contributed by atoms with E-state index in [4.69, 9.17) is 0 Å². The SMILES string of the molecule is CCCCC1c2cc3ccccc3cc1c2=O. The molecule has 2 aromatic rings. The quantitative estimate of drug-likeness (QED) is 0.774. The fraction of sp³-hybridized carbons (Fsp3) is 0.312. The highest BCUT2D eigenvalue weighted by Crippen LogP contribution is 2.35. The molecule has 0 aromatic heterocycles. The third-order valence-electron chi connectivity index (χ3n) is 3.74. The average Bonchev–Trinajstić information content (AvgIpc) is 2.62. The monoisotopic (exact) mass is 224 g/mol. The molecule has 2 bridgehead atoms. The fourth-order valence-corrected chi connectivity index (χ4v) is 2.73. The topological polar surface area (TPSA) is 17.1 Å². The second-order valence-corrected chi connectivity index (χ2v) is 4.85. The van der Waals surface area contributed by atoms with Crippen LogP contribution in [0.2, 0.25) is 0 Å². The van der Waals surface area contributed by atoms with Gasteiger partial charge in [-0.3, -0.25) is 4.79 Å². The van der Waals surface area contributed by atoms with Crippen LogP contribution in [0.15, 0.2) is 41.2 Å². The molecule has 0 amide bonds. The second-order valence-electron chi connectivity index (χ2n) is 4.85. The van der Waals surface area contributed by atoms with Crippen LogP contribution in [0.1, 0.15) is 43.2 Å². The van der Waals surface area contributed by atoms with Crippen molar-refractivity contribution in [2.75, 3.05) is 0 Å². The zero-order valence-electron chi connectivity index (χ0n) is 10.1. The van der Waals surface area contributed by atoms with Crippen molar-refractivity contribution in [1.82, 2.24) is 0 Å². The molecule has 0 N–H and O–H groups in total. The Hall–Kier alpha value is -1.63. The molecule has 0 saturated heterocycles. The van der Waals surface area contributed by atoms with E-state index in [2.05, 4.69) is 31.2 Å². The van der Waals surface area contributed by atoms with E-state index in [0.29, 0.717) is 5.92 Å². The summed E-state index contributed by atoms with van der Waals surface area (Å²) in [5.74, 6) is 0.398. The summed E-state index contributed by atoms with van der Waals surface area (Å²) in [6, 6.07) is 12.4. The Morgan fingerprint density at radius 2 is 1.65 bits per heavy atom. The van der Waals surface area contributed by atoms with E-state index in [1.165, 1.54) is 23.6 Å². The molecule has 0 aliphatic heterocycles. The summed E-state index contributed by atoms with van der Waals surface area (Å²) in [4.78, 5) is 12.0. The van der Waals surface area contributed by atoms with Crippen LogP contribution in [0.25, 0.3) is 10.8 Å². The first-order valence-corrected chi connectivity index (χ1v) is 6.38. The van der Waals surface area contributed by atoms with Crippen molar-refractivity contribution >= 4 is 10.8 Å². The van der Waals surface area contributed by atoms with E-state index in [-0.39, 0.29) is 5.43 Å². The maximum Gasteiger partial charge on any atom is 0.186 e. The minimum absolute atomic E-state index is 0.266. The summed E-state index contributed by atoms with van der Waals surface area (Å²) < 4.78 is 0. The van der Waals surface area contributed by atoms with Crippen LogP contribution in [-0.2, 0) is 0 Å². The molecule has 0 heterocycles. The molecule has 86 valence electrons. The third-order valence-corrected chi connectivity index (χ3v) is 3.74. The van der Waals surface area contributed by atoms with Gasteiger partial charge < -0.3 is 0 Å². The van der Waals surface area contributed by atoms with Crippen molar-refractivity contribution in [3.63, 3.8) is 0 Å². The van der Waals surface area contributed by atoms with Crippen molar-refractivity contribution in [2.24, 2.45) is 0 Å². The fourth-order valence-electron chi connectivity index (χ4n) is 2.73. The molecule has 0 atom stereocenters. The van der Waals surface area contributed by atoms with Crippen LogP contribution in [0.3, 0.4) is 0 Å². The smallest absolute Gasteiger partial charge is 0.186 e. The lowest BCUT2D eigenvalue weighted by molar-refractivity contribution is 0.620. The van der Waals surface area contributed by atoms with Crippen molar-refractivity contribution in [3.8, 4) is 0 Å². The molecule has 0 spiro atoms. The molecule has 17 heavy (non-hydrogen) atoms. The first-order valence-electron chi connectivity index (χ1n) is 6.38. The Morgan fingerprint density at radius 3 is 2.18 bits per heavy atom. The van der Waals surface area contributed by atoms with Crippen molar-refractivity contribution in [3.05, 3.63) is 57.7 Å². The molecule has 0 radical (unpaired) electrons. The maximum atomic E-state index is 12.0. The van der Waals surface area contributed by atoms with E-state index < -0.39 is 0 Å². The summed E-state index contributed by atoms with van der Waals surface area (Å²) in [5, 5.41) is 2.37. The second kappa shape index (κ2) is 3.99. The standard InChI is InChI=1S/C16H16O/c1-2-3-8-13-14-9-11-6-4-5-7-12(11)10-15(13)16(14)17/h4-7,9-10,13H,2-3,8H2,1H3. The maximum absolute atomic E-state index is 12.0. The van der Waals surface area contributed by atoms with Gasteiger partial charge in [0, 0.05) is 17.0 Å². The van der Waals surface area contributed by atoms with Gasteiger partial charge in [0.15, 0.2) is 5.43 Å². The van der Waals surface area contributed by atoms with Gasteiger partial charge in [-0.25, -0.2) is 0 Å². The molecule has 0 fully saturated rings. The van der Waals surface area contributed by atoms with Crippen LogP contribution < -0.4 is 5.43 Å². The lowest BCUT2D eigenvalue weighted by atomic mass is 9.80. The molecule has 2 aliphatic carbocycles. The number of unbranched alkanes of at least 4 members (excludes halogenated alkanes) is 1. The van der Waals surface area contributed by atoms with Crippen LogP contribution in [0, 0.1) is 0 Å².